The number of sulfonamides is 1. The molecule has 1 aromatic carbocycles. The second kappa shape index (κ2) is 5.05. The number of hydrogen-bond acceptors (Lipinski definition) is 5. The van der Waals surface area contributed by atoms with Crippen LogP contribution in [0.15, 0.2) is 35.6 Å². The van der Waals surface area contributed by atoms with Gasteiger partial charge in [-0.25, -0.2) is 18.1 Å². The summed E-state index contributed by atoms with van der Waals surface area (Å²) in [5.74, 6) is 0.794. The molecular formula is C13H16N4O3S. The van der Waals surface area contributed by atoms with E-state index in [1.54, 1.807) is 7.05 Å². The van der Waals surface area contributed by atoms with Gasteiger partial charge in [0.1, 0.15) is 11.9 Å². The topological polar surface area (TPSA) is 99.2 Å². The molecule has 0 aliphatic carbocycles. The molecule has 112 valence electrons. The quantitative estimate of drug-likeness (QED) is 0.845. The monoisotopic (exact) mass is 308 g/mol. The summed E-state index contributed by atoms with van der Waals surface area (Å²) in [7, 11) is -2.12. The zero-order chi connectivity index (χ0) is 15.0. The fraction of sp³-hybridized carbons (Fsp3) is 0.308. The summed E-state index contributed by atoms with van der Waals surface area (Å²) in [4.78, 5) is 3.78. The number of nitrogen functional groups attached to an aromatic ring is 1. The third kappa shape index (κ3) is 2.59. The Morgan fingerprint density at radius 3 is 2.90 bits per heavy atom. The van der Waals surface area contributed by atoms with E-state index >= 15 is 0 Å². The largest absolute Gasteiger partial charge is 0.488 e. The van der Waals surface area contributed by atoms with Gasteiger partial charge in [0.2, 0.25) is 0 Å². The number of nitrogens with two attached hydrogens (primary N) is 1. The first-order chi connectivity index (χ1) is 9.97. The molecule has 2 aromatic rings. The molecule has 1 aliphatic rings. The number of anilines is 1. The Hall–Kier alpha value is -2.06. The Kier molecular flexibility index (Phi) is 3.34. The molecule has 8 heteroatoms. The van der Waals surface area contributed by atoms with Crippen molar-refractivity contribution in [3.63, 3.8) is 0 Å². The van der Waals surface area contributed by atoms with E-state index in [0.717, 1.165) is 11.3 Å². The van der Waals surface area contributed by atoms with Crippen LogP contribution >= 0.6 is 0 Å². The Labute approximate surface area is 122 Å². The molecule has 7 nitrogen and oxygen atoms in total. The Morgan fingerprint density at radius 1 is 1.48 bits per heavy atom. The second-order valence-corrected chi connectivity index (χ2v) is 6.63. The maximum absolute atomic E-state index is 12.3. The number of para-hydroxylation sites is 1. The van der Waals surface area contributed by atoms with Crippen molar-refractivity contribution in [2.24, 2.45) is 7.05 Å². The maximum atomic E-state index is 12.3. The first-order valence-corrected chi connectivity index (χ1v) is 7.97. The molecule has 2 heterocycles. The van der Waals surface area contributed by atoms with Gasteiger partial charge in [0, 0.05) is 20.0 Å². The molecule has 21 heavy (non-hydrogen) atoms. The zero-order valence-corrected chi connectivity index (χ0v) is 12.3. The molecular weight excluding hydrogens is 292 g/mol. The molecule has 0 radical (unpaired) electrons. The lowest BCUT2D eigenvalue weighted by Gasteiger charge is -2.12. The van der Waals surface area contributed by atoms with Gasteiger partial charge in [-0.3, -0.25) is 0 Å². The van der Waals surface area contributed by atoms with E-state index in [1.165, 1.54) is 10.9 Å². The molecule has 0 saturated carbocycles. The molecule has 0 fully saturated rings. The predicted octanol–water partition coefficient (Wildman–Crippen LogP) is 0.284. The highest BCUT2D eigenvalue weighted by Gasteiger charge is 2.27. The van der Waals surface area contributed by atoms with E-state index in [0.29, 0.717) is 6.42 Å². The normalized spacial score (nSPS) is 17.5. The highest BCUT2D eigenvalue weighted by molar-refractivity contribution is 7.89. The van der Waals surface area contributed by atoms with Gasteiger partial charge >= 0.3 is 0 Å². The van der Waals surface area contributed by atoms with Gasteiger partial charge in [-0.15, -0.1) is 0 Å². The van der Waals surface area contributed by atoms with Crippen molar-refractivity contribution >= 4 is 15.8 Å². The van der Waals surface area contributed by atoms with E-state index in [4.69, 9.17) is 10.5 Å². The van der Waals surface area contributed by atoms with Gasteiger partial charge < -0.3 is 15.0 Å². The van der Waals surface area contributed by atoms with Crippen molar-refractivity contribution in [2.75, 3.05) is 12.3 Å². The minimum Gasteiger partial charge on any atom is -0.488 e. The lowest BCUT2D eigenvalue weighted by molar-refractivity contribution is 0.236. The third-order valence-electron chi connectivity index (χ3n) is 3.38. The van der Waals surface area contributed by atoms with Crippen LogP contribution in [0.5, 0.6) is 5.75 Å². The van der Waals surface area contributed by atoms with E-state index < -0.39 is 10.0 Å². The number of fused-ring (bicyclic) bond motifs is 1. The van der Waals surface area contributed by atoms with Crippen molar-refractivity contribution in [3.8, 4) is 5.75 Å². The highest BCUT2D eigenvalue weighted by atomic mass is 32.2. The fourth-order valence-corrected chi connectivity index (χ4v) is 3.70. The minimum atomic E-state index is -3.71. The van der Waals surface area contributed by atoms with E-state index in [2.05, 4.69) is 9.71 Å². The number of benzene rings is 1. The SMILES string of the molecule is Cn1cnc(N)c1S(=O)(=O)NCC1Cc2ccccc2O1. The summed E-state index contributed by atoms with van der Waals surface area (Å²) in [6.07, 6.45) is 1.83. The maximum Gasteiger partial charge on any atom is 0.260 e. The second-order valence-electron chi connectivity index (χ2n) is 4.95. The third-order valence-corrected chi connectivity index (χ3v) is 4.93. The molecule has 0 bridgehead atoms. The van der Waals surface area contributed by atoms with Crippen molar-refractivity contribution in [3.05, 3.63) is 36.2 Å². The van der Waals surface area contributed by atoms with E-state index in [1.807, 2.05) is 24.3 Å². The van der Waals surface area contributed by atoms with Crippen LogP contribution in [0, 0.1) is 0 Å². The predicted molar refractivity (Wildman–Crippen MR) is 77.4 cm³/mol. The van der Waals surface area contributed by atoms with Gasteiger partial charge in [0.15, 0.2) is 10.8 Å². The Bertz CT molecular complexity index is 725. The van der Waals surface area contributed by atoms with Crippen LogP contribution in [-0.2, 0) is 23.5 Å². The van der Waals surface area contributed by atoms with Crippen LogP contribution in [0.3, 0.4) is 0 Å². The lowest BCUT2D eigenvalue weighted by Crippen LogP contribution is -2.35. The van der Waals surface area contributed by atoms with Crippen LogP contribution in [0.2, 0.25) is 0 Å². The number of nitrogens with zero attached hydrogens (tertiary/aromatic N) is 2. The fourth-order valence-electron chi connectivity index (χ4n) is 2.40. The summed E-state index contributed by atoms with van der Waals surface area (Å²) in [5, 5.41) is -0.0296. The number of aryl methyl sites for hydroxylation is 1. The van der Waals surface area contributed by atoms with Crippen LogP contribution in [0.1, 0.15) is 5.56 Å². The number of aromatic nitrogens is 2. The summed E-state index contributed by atoms with van der Waals surface area (Å²) in [5.41, 5.74) is 6.68. The summed E-state index contributed by atoms with van der Waals surface area (Å²) >= 11 is 0. The number of ether oxygens (including phenoxy) is 1. The smallest absolute Gasteiger partial charge is 0.260 e. The van der Waals surface area contributed by atoms with Crippen molar-refractivity contribution < 1.29 is 13.2 Å². The number of nitrogens with one attached hydrogen (secondary N) is 1. The highest BCUT2D eigenvalue weighted by Crippen LogP contribution is 2.28. The average molecular weight is 308 g/mol. The minimum absolute atomic E-state index is 0.0133. The van der Waals surface area contributed by atoms with Crippen LogP contribution in [-0.4, -0.2) is 30.6 Å². The van der Waals surface area contributed by atoms with Crippen molar-refractivity contribution in [1.29, 1.82) is 0 Å². The van der Waals surface area contributed by atoms with Crippen LogP contribution in [0.4, 0.5) is 5.82 Å². The van der Waals surface area contributed by atoms with Gasteiger partial charge in [-0.2, -0.15) is 0 Å². The molecule has 3 N–H and O–H groups in total. The molecule has 0 saturated heterocycles. The Balaban J connectivity index is 1.69. The van der Waals surface area contributed by atoms with Crippen molar-refractivity contribution in [2.45, 2.75) is 17.6 Å². The van der Waals surface area contributed by atoms with Gasteiger partial charge in [0.05, 0.1) is 6.33 Å². The summed E-state index contributed by atoms with van der Waals surface area (Å²) in [6, 6.07) is 7.68. The summed E-state index contributed by atoms with van der Waals surface area (Å²) in [6.45, 7) is 0.182. The average Bonchev–Trinajstić information content (AvgIpc) is 3.00. The molecule has 1 aliphatic heterocycles. The van der Waals surface area contributed by atoms with E-state index in [-0.39, 0.29) is 23.5 Å². The standard InChI is InChI=1S/C13H16N4O3S/c1-17-8-15-12(14)13(17)21(18,19)16-7-10-6-9-4-2-3-5-11(9)20-10/h2-5,8,10,16H,6-7,14H2,1H3. The van der Waals surface area contributed by atoms with E-state index in [9.17, 15) is 8.42 Å². The van der Waals surface area contributed by atoms with Crippen LogP contribution < -0.4 is 15.2 Å². The molecule has 1 aromatic heterocycles. The molecule has 0 amide bonds. The molecule has 3 rings (SSSR count). The first-order valence-electron chi connectivity index (χ1n) is 6.48. The van der Waals surface area contributed by atoms with Gasteiger partial charge in [-0.05, 0) is 11.6 Å². The van der Waals surface area contributed by atoms with Crippen LogP contribution in [0.25, 0.3) is 0 Å². The molecule has 0 spiro atoms. The molecule has 1 unspecified atom stereocenters. The zero-order valence-electron chi connectivity index (χ0n) is 11.5. The number of imidazole rings is 1. The van der Waals surface area contributed by atoms with Crippen molar-refractivity contribution in [1.82, 2.24) is 14.3 Å². The Morgan fingerprint density at radius 2 is 2.24 bits per heavy atom. The summed E-state index contributed by atoms with van der Waals surface area (Å²) < 4.78 is 34.1. The van der Waals surface area contributed by atoms with Gasteiger partial charge in [-0.1, -0.05) is 18.2 Å². The lowest BCUT2D eigenvalue weighted by atomic mass is 10.1. The number of hydrogen-bond donors (Lipinski definition) is 2. The number of rotatable bonds is 4. The first kappa shape index (κ1) is 13.9. The molecule has 1 atom stereocenters. The van der Waals surface area contributed by atoms with Gasteiger partial charge in [0.25, 0.3) is 10.0 Å².